The van der Waals surface area contributed by atoms with Crippen LogP contribution in [0.3, 0.4) is 0 Å². The van der Waals surface area contributed by atoms with Gasteiger partial charge in [0.05, 0.1) is 6.54 Å². The van der Waals surface area contributed by atoms with Crippen molar-refractivity contribution in [2.45, 2.75) is 6.54 Å². The Bertz CT molecular complexity index is 1080. The standard InChI is InChI=1S/C21H20N4O/c1-23(15-16-25-21(26)24-14-8-7-13-20(24)22-25)19-12-6-5-11-18(19)17-9-3-2-4-10-17/h2-14H,15-16H2,1H3. The summed E-state index contributed by atoms with van der Waals surface area (Å²) in [4.78, 5) is 14.6. The molecule has 26 heavy (non-hydrogen) atoms. The van der Waals surface area contributed by atoms with Gasteiger partial charge < -0.3 is 4.90 Å². The SMILES string of the molecule is CN(CCn1nc2ccccn2c1=O)c1ccccc1-c1ccccc1. The van der Waals surface area contributed by atoms with Gasteiger partial charge in [-0.3, -0.25) is 4.40 Å². The average molecular weight is 344 g/mol. The Labute approximate surface area is 151 Å². The summed E-state index contributed by atoms with van der Waals surface area (Å²) in [5.41, 5.74) is 4.06. The van der Waals surface area contributed by atoms with Gasteiger partial charge in [-0.2, -0.15) is 0 Å². The minimum absolute atomic E-state index is 0.106. The average Bonchev–Trinajstić information content (AvgIpc) is 3.03. The van der Waals surface area contributed by atoms with Crippen LogP contribution in [0.5, 0.6) is 0 Å². The van der Waals surface area contributed by atoms with E-state index in [9.17, 15) is 4.79 Å². The summed E-state index contributed by atoms with van der Waals surface area (Å²) < 4.78 is 3.09. The van der Waals surface area contributed by atoms with E-state index in [0.717, 1.165) is 5.69 Å². The number of aromatic nitrogens is 3. The van der Waals surface area contributed by atoms with E-state index in [1.165, 1.54) is 15.8 Å². The molecule has 0 bridgehead atoms. The van der Waals surface area contributed by atoms with Crippen molar-refractivity contribution < 1.29 is 0 Å². The van der Waals surface area contributed by atoms with Crippen LogP contribution in [0.15, 0.2) is 83.8 Å². The number of benzene rings is 2. The quantitative estimate of drug-likeness (QED) is 0.558. The molecule has 0 unspecified atom stereocenters. The Morgan fingerprint density at radius 3 is 2.46 bits per heavy atom. The molecule has 0 spiro atoms. The lowest BCUT2D eigenvalue weighted by Gasteiger charge is -2.22. The van der Waals surface area contributed by atoms with Gasteiger partial charge in [-0.25, -0.2) is 9.48 Å². The van der Waals surface area contributed by atoms with E-state index < -0.39 is 0 Å². The van der Waals surface area contributed by atoms with Crippen LogP contribution in [-0.4, -0.2) is 27.8 Å². The highest BCUT2D eigenvalue weighted by molar-refractivity contribution is 5.78. The van der Waals surface area contributed by atoms with E-state index in [4.69, 9.17) is 0 Å². The highest BCUT2D eigenvalue weighted by Crippen LogP contribution is 2.29. The third-order valence-corrected chi connectivity index (χ3v) is 4.54. The molecule has 5 heteroatoms. The maximum Gasteiger partial charge on any atom is 0.350 e. The molecule has 130 valence electrons. The lowest BCUT2D eigenvalue weighted by Crippen LogP contribution is -2.29. The number of para-hydroxylation sites is 1. The Morgan fingerprint density at radius 2 is 1.65 bits per heavy atom. The summed E-state index contributed by atoms with van der Waals surface area (Å²) in [5, 5.41) is 4.40. The van der Waals surface area contributed by atoms with E-state index in [-0.39, 0.29) is 5.69 Å². The zero-order chi connectivity index (χ0) is 17.9. The van der Waals surface area contributed by atoms with Crippen LogP contribution in [0.1, 0.15) is 0 Å². The lowest BCUT2D eigenvalue weighted by molar-refractivity contribution is 0.591. The number of anilines is 1. The molecule has 2 aromatic heterocycles. The molecule has 0 aliphatic heterocycles. The van der Waals surface area contributed by atoms with Crippen LogP contribution in [0.4, 0.5) is 5.69 Å². The van der Waals surface area contributed by atoms with Gasteiger partial charge in [-0.15, -0.1) is 5.10 Å². The second-order valence-corrected chi connectivity index (χ2v) is 6.24. The molecule has 0 aliphatic carbocycles. The van der Waals surface area contributed by atoms with Crippen LogP contribution in [0.2, 0.25) is 0 Å². The lowest BCUT2D eigenvalue weighted by atomic mass is 10.0. The molecular weight excluding hydrogens is 324 g/mol. The second kappa shape index (κ2) is 6.88. The van der Waals surface area contributed by atoms with Crippen LogP contribution < -0.4 is 10.6 Å². The second-order valence-electron chi connectivity index (χ2n) is 6.24. The van der Waals surface area contributed by atoms with E-state index >= 15 is 0 Å². The number of fused-ring (bicyclic) bond motifs is 1. The van der Waals surface area contributed by atoms with Gasteiger partial charge in [0.15, 0.2) is 5.65 Å². The molecule has 0 saturated carbocycles. The predicted molar refractivity (Wildman–Crippen MR) is 105 cm³/mol. The fourth-order valence-corrected chi connectivity index (χ4v) is 3.15. The smallest absolute Gasteiger partial charge is 0.350 e. The first-order chi connectivity index (χ1) is 12.7. The van der Waals surface area contributed by atoms with E-state index in [1.54, 1.807) is 10.6 Å². The van der Waals surface area contributed by atoms with E-state index in [0.29, 0.717) is 18.7 Å². The summed E-state index contributed by atoms with van der Waals surface area (Å²) in [6.45, 7) is 1.22. The van der Waals surface area contributed by atoms with Crippen molar-refractivity contribution in [3.63, 3.8) is 0 Å². The Kier molecular flexibility index (Phi) is 4.27. The molecule has 0 saturated heterocycles. The Hall–Kier alpha value is -3.34. The fraction of sp³-hybridized carbons (Fsp3) is 0.143. The number of hydrogen-bond acceptors (Lipinski definition) is 3. The van der Waals surface area contributed by atoms with Crippen molar-refractivity contribution in [2.24, 2.45) is 0 Å². The molecule has 0 fully saturated rings. The summed E-state index contributed by atoms with van der Waals surface area (Å²) in [5.74, 6) is 0. The molecule has 0 N–H and O–H groups in total. The summed E-state index contributed by atoms with van der Waals surface area (Å²) in [6, 6.07) is 24.2. The number of pyridine rings is 1. The number of hydrogen-bond donors (Lipinski definition) is 0. The minimum Gasteiger partial charge on any atom is -0.372 e. The van der Waals surface area contributed by atoms with Gasteiger partial charge in [0, 0.05) is 31.0 Å². The summed E-state index contributed by atoms with van der Waals surface area (Å²) in [6.07, 6.45) is 1.75. The number of rotatable bonds is 5. The Balaban J connectivity index is 1.58. The number of nitrogens with zero attached hydrogens (tertiary/aromatic N) is 4. The Morgan fingerprint density at radius 1 is 0.923 bits per heavy atom. The molecule has 2 heterocycles. The maximum absolute atomic E-state index is 12.4. The topological polar surface area (TPSA) is 42.5 Å². The van der Waals surface area contributed by atoms with Crippen LogP contribution in [0, 0.1) is 0 Å². The zero-order valence-corrected chi connectivity index (χ0v) is 14.6. The first-order valence-corrected chi connectivity index (χ1v) is 8.64. The van der Waals surface area contributed by atoms with Gasteiger partial charge in [0.2, 0.25) is 0 Å². The fourth-order valence-electron chi connectivity index (χ4n) is 3.15. The third-order valence-electron chi connectivity index (χ3n) is 4.54. The third kappa shape index (κ3) is 2.99. The van der Waals surface area contributed by atoms with Crippen molar-refractivity contribution in [1.82, 2.24) is 14.2 Å². The first kappa shape index (κ1) is 16.1. The highest BCUT2D eigenvalue weighted by Gasteiger charge is 2.11. The molecule has 0 radical (unpaired) electrons. The monoisotopic (exact) mass is 344 g/mol. The van der Waals surface area contributed by atoms with Crippen molar-refractivity contribution in [3.05, 3.63) is 89.5 Å². The summed E-state index contributed by atoms with van der Waals surface area (Å²) in [7, 11) is 2.04. The van der Waals surface area contributed by atoms with Gasteiger partial charge in [-0.1, -0.05) is 54.6 Å². The first-order valence-electron chi connectivity index (χ1n) is 8.64. The zero-order valence-electron chi connectivity index (χ0n) is 14.6. The van der Waals surface area contributed by atoms with Crippen molar-refractivity contribution >= 4 is 11.3 Å². The van der Waals surface area contributed by atoms with Crippen molar-refractivity contribution in [1.29, 1.82) is 0 Å². The minimum atomic E-state index is -0.106. The molecule has 0 atom stereocenters. The van der Waals surface area contributed by atoms with E-state index in [1.807, 2.05) is 55.6 Å². The normalized spacial score (nSPS) is 11.0. The largest absolute Gasteiger partial charge is 0.372 e. The molecule has 0 amide bonds. The molecule has 5 nitrogen and oxygen atoms in total. The van der Waals surface area contributed by atoms with Gasteiger partial charge in [-0.05, 0) is 23.8 Å². The van der Waals surface area contributed by atoms with Gasteiger partial charge in [0.1, 0.15) is 0 Å². The van der Waals surface area contributed by atoms with Crippen molar-refractivity contribution in [2.75, 3.05) is 18.5 Å². The van der Waals surface area contributed by atoms with Crippen LogP contribution >= 0.6 is 0 Å². The van der Waals surface area contributed by atoms with Crippen molar-refractivity contribution in [3.8, 4) is 11.1 Å². The molecule has 0 aliphatic rings. The van der Waals surface area contributed by atoms with Gasteiger partial charge in [0.25, 0.3) is 0 Å². The van der Waals surface area contributed by atoms with Gasteiger partial charge >= 0.3 is 5.69 Å². The maximum atomic E-state index is 12.4. The predicted octanol–water partition coefficient (Wildman–Crippen LogP) is 3.30. The number of likely N-dealkylation sites (N-methyl/N-ethyl adjacent to an activating group) is 1. The van der Waals surface area contributed by atoms with Crippen LogP contribution in [-0.2, 0) is 6.54 Å². The van der Waals surface area contributed by atoms with Crippen LogP contribution in [0.25, 0.3) is 16.8 Å². The highest BCUT2D eigenvalue weighted by atomic mass is 16.2. The molecular formula is C21H20N4O. The molecule has 2 aromatic carbocycles. The van der Waals surface area contributed by atoms with E-state index in [2.05, 4.69) is 34.3 Å². The molecule has 4 aromatic rings. The molecule has 4 rings (SSSR count). The summed E-state index contributed by atoms with van der Waals surface area (Å²) >= 11 is 0.